The third kappa shape index (κ3) is 0.772. The second-order valence-electron chi connectivity index (χ2n) is 2.15. The zero-order valence-electron chi connectivity index (χ0n) is 5.24. The van der Waals surface area contributed by atoms with E-state index in [9.17, 15) is 0 Å². The molecule has 2 heteroatoms. The van der Waals surface area contributed by atoms with Crippen molar-refractivity contribution < 1.29 is 0 Å². The van der Waals surface area contributed by atoms with Gasteiger partial charge in [-0.1, -0.05) is 24.4 Å². The summed E-state index contributed by atoms with van der Waals surface area (Å²) in [4.78, 5) is 4.82. The molecule has 0 amide bonds. The normalized spacial score (nSPS) is 20.6. The molecule has 1 nitrogen and oxygen atoms in total. The zero-order valence-corrected chi connectivity index (χ0v) is 6.06. The van der Waals surface area contributed by atoms with Crippen LogP contribution in [0.1, 0.15) is 0 Å². The molecule has 0 saturated heterocycles. The van der Waals surface area contributed by atoms with Crippen LogP contribution in [0.25, 0.3) is 0 Å². The lowest BCUT2D eigenvalue weighted by Gasteiger charge is -2.02. The van der Waals surface area contributed by atoms with Gasteiger partial charge in [-0.15, -0.1) is 0 Å². The fourth-order valence-corrected chi connectivity index (χ4v) is 1.15. The van der Waals surface area contributed by atoms with Crippen LogP contribution in [0.3, 0.4) is 0 Å². The standard InChI is InChI=1S/C8H5NS/c10-8-5-4-6-2-1-3-7(6)9-8/h1-5H. The highest BCUT2D eigenvalue weighted by Crippen LogP contribution is 2.14. The number of allylic oxidation sites excluding steroid dienone is 5. The number of nitrogens with zero attached hydrogens (tertiary/aromatic N) is 1. The van der Waals surface area contributed by atoms with Crippen molar-refractivity contribution in [2.24, 2.45) is 4.99 Å². The lowest BCUT2D eigenvalue weighted by molar-refractivity contribution is 1.66. The van der Waals surface area contributed by atoms with Gasteiger partial charge in [0.1, 0.15) is 4.99 Å². The molecule has 0 radical (unpaired) electrons. The van der Waals surface area contributed by atoms with E-state index in [1.807, 2.05) is 30.4 Å². The summed E-state index contributed by atoms with van der Waals surface area (Å²) >= 11 is 4.89. The summed E-state index contributed by atoms with van der Waals surface area (Å²) < 4.78 is 0. The second-order valence-corrected chi connectivity index (χ2v) is 2.57. The Morgan fingerprint density at radius 1 is 1.20 bits per heavy atom. The Morgan fingerprint density at radius 3 is 3.00 bits per heavy atom. The average Bonchev–Trinajstić information content (AvgIpc) is 2.33. The summed E-state index contributed by atoms with van der Waals surface area (Å²) in [6, 6.07) is 0. The van der Waals surface area contributed by atoms with Crippen molar-refractivity contribution in [2.45, 2.75) is 0 Å². The van der Waals surface area contributed by atoms with Crippen LogP contribution in [0.2, 0.25) is 0 Å². The first-order chi connectivity index (χ1) is 4.86. The highest BCUT2D eigenvalue weighted by molar-refractivity contribution is 7.80. The first-order valence-corrected chi connectivity index (χ1v) is 3.46. The van der Waals surface area contributed by atoms with E-state index in [1.54, 1.807) is 0 Å². The second kappa shape index (κ2) is 1.99. The van der Waals surface area contributed by atoms with Gasteiger partial charge in [-0.2, -0.15) is 0 Å². The van der Waals surface area contributed by atoms with E-state index in [0.717, 1.165) is 11.3 Å². The average molecular weight is 147 g/mol. The predicted molar refractivity (Wildman–Crippen MR) is 46.4 cm³/mol. The third-order valence-corrected chi connectivity index (χ3v) is 1.69. The SMILES string of the molecule is S=C1C=CC2=CC=CC2=N1. The number of hydrogen-bond donors (Lipinski definition) is 0. The molecule has 1 aliphatic heterocycles. The van der Waals surface area contributed by atoms with Gasteiger partial charge in [-0.05, 0) is 18.2 Å². The summed E-state index contributed by atoms with van der Waals surface area (Å²) in [5.74, 6) is 0. The number of thiocarbonyl (C=S) groups is 1. The molecule has 0 fully saturated rings. The van der Waals surface area contributed by atoms with Crippen molar-refractivity contribution in [1.82, 2.24) is 0 Å². The van der Waals surface area contributed by atoms with Gasteiger partial charge in [-0.3, -0.25) is 0 Å². The van der Waals surface area contributed by atoms with Crippen LogP contribution < -0.4 is 0 Å². The summed E-state index contributed by atoms with van der Waals surface area (Å²) in [6.45, 7) is 0. The molecule has 48 valence electrons. The van der Waals surface area contributed by atoms with Crippen molar-refractivity contribution in [3.05, 3.63) is 36.0 Å². The summed E-state index contributed by atoms with van der Waals surface area (Å²) in [5.41, 5.74) is 2.15. The maximum Gasteiger partial charge on any atom is 0.126 e. The Kier molecular flexibility index (Phi) is 1.14. The van der Waals surface area contributed by atoms with Crippen LogP contribution in [0.15, 0.2) is 40.9 Å². The van der Waals surface area contributed by atoms with Crippen molar-refractivity contribution in [1.29, 1.82) is 0 Å². The van der Waals surface area contributed by atoms with Crippen LogP contribution >= 0.6 is 12.2 Å². The number of aliphatic imine (C=N–C) groups is 1. The Bertz CT molecular complexity index is 305. The van der Waals surface area contributed by atoms with Gasteiger partial charge in [0.2, 0.25) is 0 Å². The van der Waals surface area contributed by atoms with Crippen molar-refractivity contribution >= 4 is 22.9 Å². The van der Waals surface area contributed by atoms with E-state index in [4.69, 9.17) is 12.2 Å². The van der Waals surface area contributed by atoms with Crippen molar-refractivity contribution in [2.75, 3.05) is 0 Å². The highest BCUT2D eigenvalue weighted by atomic mass is 32.1. The molecule has 1 heterocycles. The molecular formula is C8H5NS. The van der Waals surface area contributed by atoms with E-state index in [0.29, 0.717) is 4.99 Å². The smallest absolute Gasteiger partial charge is 0.126 e. The molecule has 0 aromatic rings. The van der Waals surface area contributed by atoms with Gasteiger partial charge in [0.25, 0.3) is 0 Å². The largest absolute Gasteiger partial charge is 0.237 e. The minimum Gasteiger partial charge on any atom is -0.237 e. The Morgan fingerprint density at radius 2 is 2.10 bits per heavy atom. The van der Waals surface area contributed by atoms with Gasteiger partial charge < -0.3 is 0 Å². The van der Waals surface area contributed by atoms with E-state index in [2.05, 4.69) is 4.99 Å². The maximum absolute atomic E-state index is 4.89. The van der Waals surface area contributed by atoms with Crippen LogP contribution in [0, 0.1) is 0 Å². The van der Waals surface area contributed by atoms with Gasteiger partial charge >= 0.3 is 0 Å². The highest BCUT2D eigenvalue weighted by Gasteiger charge is 2.08. The van der Waals surface area contributed by atoms with E-state index >= 15 is 0 Å². The number of fused-ring (bicyclic) bond motifs is 1. The van der Waals surface area contributed by atoms with Crippen molar-refractivity contribution in [3.8, 4) is 0 Å². The minimum atomic E-state index is 0.665. The molecule has 0 saturated carbocycles. The lowest BCUT2D eigenvalue weighted by Crippen LogP contribution is -2.01. The molecule has 0 aromatic carbocycles. The van der Waals surface area contributed by atoms with Gasteiger partial charge in [0.15, 0.2) is 0 Å². The van der Waals surface area contributed by atoms with Gasteiger partial charge in [0, 0.05) is 5.57 Å². The molecule has 10 heavy (non-hydrogen) atoms. The molecule has 0 bridgehead atoms. The fourth-order valence-electron chi connectivity index (χ4n) is 0.984. The first-order valence-electron chi connectivity index (χ1n) is 3.06. The molecule has 1 aliphatic carbocycles. The quantitative estimate of drug-likeness (QED) is 0.476. The summed E-state index contributed by atoms with van der Waals surface area (Å²) in [7, 11) is 0. The third-order valence-electron chi connectivity index (χ3n) is 1.46. The molecule has 0 spiro atoms. The Balaban J connectivity index is 2.51. The monoisotopic (exact) mass is 147 g/mol. The molecule has 0 N–H and O–H groups in total. The lowest BCUT2D eigenvalue weighted by atomic mass is 10.1. The predicted octanol–water partition coefficient (Wildman–Crippen LogP) is 1.82. The van der Waals surface area contributed by atoms with E-state index in [1.165, 1.54) is 0 Å². The Labute approximate surface area is 64.5 Å². The van der Waals surface area contributed by atoms with E-state index < -0.39 is 0 Å². The molecular weight excluding hydrogens is 142 g/mol. The topological polar surface area (TPSA) is 12.4 Å². The first kappa shape index (κ1) is 5.74. The van der Waals surface area contributed by atoms with Crippen LogP contribution in [-0.4, -0.2) is 10.7 Å². The molecule has 0 atom stereocenters. The van der Waals surface area contributed by atoms with Crippen LogP contribution in [-0.2, 0) is 0 Å². The van der Waals surface area contributed by atoms with Crippen LogP contribution in [0.4, 0.5) is 0 Å². The van der Waals surface area contributed by atoms with Crippen molar-refractivity contribution in [3.63, 3.8) is 0 Å². The number of hydrogen-bond acceptors (Lipinski definition) is 1. The molecule has 0 unspecified atom stereocenters. The molecule has 2 rings (SSSR count). The fraction of sp³-hybridized carbons (Fsp3) is 0. The number of dihydropyridines is 1. The van der Waals surface area contributed by atoms with Crippen LogP contribution in [0.5, 0.6) is 0 Å². The number of rotatable bonds is 0. The van der Waals surface area contributed by atoms with Gasteiger partial charge in [-0.25, -0.2) is 4.99 Å². The maximum atomic E-state index is 4.89. The summed E-state index contributed by atoms with van der Waals surface area (Å²) in [5, 5.41) is 0. The van der Waals surface area contributed by atoms with E-state index in [-0.39, 0.29) is 0 Å². The molecule has 0 aromatic heterocycles. The minimum absolute atomic E-state index is 0.665. The molecule has 2 aliphatic rings. The van der Waals surface area contributed by atoms with Gasteiger partial charge in [0.05, 0.1) is 5.71 Å². The Hall–Kier alpha value is -1.02. The zero-order chi connectivity index (χ0) is 6.97. The summed E-state index contributed by atoms with van der Waals surface area (Å²) in [6.07, 6.45) is 9.80.